The Kier molecular flexibility index (Phi) is 5.56. The van der Waals surface area contributed by atoms with Crippen molar-refractivity contribution in [1.29, 1.82) is 0 Å². The molecule has 0 radical (unpaired) electrons. The van der Waals surface area contributed by atoms with Gasteiger partial charge in [0, 0.05) is 19.0 Å². The lowest BCUT2D eigenvalue weighted by atomic mass is 9.88. The quantitative estimate of drug-likeness (QED) is 0.857. The molecule has 1 fully saturated rings. The third kappa shape index (κ3) is 4.05. The van der Waals surface area contributed by atoms with Gasteiger partial charge >= 0.3 is 0 Å². The predicted molar refractivity (Wildman–Crippen MR) is 79.6 cm³/mol. The number of benzene rings is 1. The molecule has 1 aliphatic rings. The smallest absolute Gasteiger partial charge is 0.239 e. The fraction of sp³-hybridized carbons (Fsp3) is 0.562. The first-order valence-electron chi connectivity index (χ1n) is 7.32. The Morgan fingerprint density at radius 1 is 1.40 bits per heavy atom. The van der Waals surface area contributed by atoms with Gasteiger partial charge in [-0.15, -0.1) is 0 Å². The highest BCUT2D eigenvalue weighted by Crippen LogP contribution is 2.23. The molecule has 1 heterocycles. The van der Waals surface area contributed by atoms with Crippen LogP contribution in [0.5, 0.6) is 0 Å². The van der Waals surface area contributed by atoms with Crippen molar-refractivity contribution >= 4 is 5.91 Å². The van der Waals surface area contributed by atoms with Gasteiger partial charge in [0.15, 0.2) is 0 Å². The standard InChI is InChI=1S/C16H24N2O2/c1-12(2)14(13-6-4-3-5-7-13)10-18-16(19)15-11-20-9-8-17-15/h3-7,12,14-15,17H,8-11H2,1-2H3,(H,18,19). The van der Waals surface area contributed by atoms with E-state index >= 15 is 0 Å². The summed E-state index contributed by atoms with van der Waals surface area (Å²) in [7, 11) is 0. The van der Waals surface area contributed by atoms with Crippen molar-refractivity contribution in [2.45, 2.75) is 25.8 Å². The van der Waals surface area contributed by atoms with Gasteiger partial charge in [0.25, 0.3) is 0 Å². The van der Waals surface area contributed by atoms with Gasteiger partial charge in [0.1, 0.15) is 6.04 Å². The molecule has 1 amide bonds. The first kappa shape index (κ1) is 15.0. The van der Waals surface area contributed by atoms with E-state index in [1.165, 1.54) is 5.56 Å². The molecule has 1 aromatic carbocycles. The highest BCUT2D eigenvalue weighted by molar-refractivity contribution is 5.82. The number of hydrogen-bond donors (Lipinski definition) is 2. The Bertz CT molecular complexity index is 414. The summed E-state index contributed by atoms with van der Waals surface area (Å²) >= 11 is 0. The normalized spacial score (nSPS) is 20.6. The largest absolute Gasteiger partial charge is 0.378 e. The molecule has 2 atom stereocenters. The van der Waals surface area contributed by atoms with Gasteiger partial charge in [-0.1, -0.05) is 44.2 Å². The van der Waals surface area contributed by atoms with Crippen LogP contribution in [-0.2, 0) is 9.53 Å². The fourth-order valence-corrected chi connectivity index (χ4v) is 2.51. The minimum Gasteiger partial charge on any atom is -0.378 e. The number of carbonyl (C=O) groups excluding carboxylic acids is 1. The van der Waals surface area contributed by atoms with Gasteiger partial charge < -0.3 is 15.4 Å². The average Bonchev–Trinajstić information content (AvgIpc) is 2.49. The van der Waals surface area contributed by atoms with E-state index in [1.807, 2.05) is 18.2 Å². The maximum absolute atomic E-state index is 12.1. The molecule has 1 aromatic rings. The Balaban J connectivity index is 1.91. The Hall–Kier alpha value is -1.39. The van der Waals surface area contributed by atoms with E-state index in [1.54, 1.807) is 0 Å². The summed E-state index contributed by atoms with van der Waals surface area (Å²) in [5, 5.41) is 6.23. The van der Waals surface area contributed by atoms with E-state index in [2.05, 4.69) is 36.6 Å². The summed E-state index contributed by atoms with van der Waals surface area (Å²) < 4.78 is 5.32. The Labute approximate surface area is 120 Å². The molecular formula is C16H24N2O2. The van der Waals surface area contributed by atoms with Crippen LogP contribution in [0.3, 0.4) is 0 Å². The number of rotatable bonds is 5. The van der Waals surface area contributed by atoms with E-state index in [-0.39, 0.29) is 11.9 Å². The molecule has 1 aliphatic heterocycles. The van der Waals surface area contributed by atoms with Crippen LogP contribution in [0.2, 0.25) is 0 Å². The summed E-state index contributed by atoms with van der Waals surface area (Å²) in [5.74, 6) is 0.851. The average molecular weight is 276 g/mol. The first-order valence-corrected chi connectivity index (χ1v) is 7.32. The molecule has 0 aliphatic carbocycles. The van der Waals surface area contributed by atoms with Gasteiger partial charge in [-0.3, -0.25) is 4.79 Å². The molecule has 2 unspecified atom stereocenters. The Morgan fingerprint density at radius 3 is 2.75 bits per heavy atom. The van der Waals surface area contributed by atoms with Crippen molar-refractivity contribution in [3.8, 4) is 0 Å². The monoisotopic (exact) mass is 276 g/mol. The zero-order valence-corrected chi connectivity index (χ0v) is 12.3. The highest BCUT2D eigenvalue weighted by atomic mass is 16.5. The van der Waals surface area contributed by atoms with Crippen molar-refractivity contribution in [3.63, 3.8) is 0 Å². The van der Waals surface area contributed by atoms with Gasteiger partial charge in [0.2, 0.25) is 5.91 Å². The maximum Gasteiger partial charge on any atom is 0.239 e. The van der Waals surface area contributed by atoms with Crippen LogP contribution < -0.4 is 10.6 Å². The van der Waals surface area contributed by atoms with E-state index < -0.39 is 0 Å². The fourth-order valence-electron chi connectivity index (χ4n) is 2.51. The van der Waals surface area contributed by atoms with Crippen LogP contribution in [0.1, 0.15) is 25.3 Å². The van der Waals surface area contributed by atoms with E-state index in [0.717, 1.165) is 6.54 Å². The summed E-state index contributed by atoms with van der Waals surface area (Å²) in [6, 6.07) is 10.1. The van der Waals surface area contributed by atoms with Gasteiger partial charge in [-0.05, 0) is 11.5 Å². The predicted octanol–water partition coefficient (Wildman–Crippen LogP) is 1.53. The van der Waals surface area contributed by atoms with E-state index in [9.17, 15) is 4.79 Å². The zero-order chi connectivity index (χ0) is 14.4. The Morgan fingerprint density at radius 2 is 2.15 bits per heavy atom. The minimum atomic E-state index is -0.215. The molecule has 2 rings (SSSR count). The van der Waals surface area contributed by atoms with Gasteiger partial charge in [-0.25, -0.2) is 0 Å². The molecule has 4 heteroatoms. The van der Waals surface area contributed by atoms with Crippen LogP contribution >= 0.6 is 0 Å². The second kappa shape index (κ2) is 7.41. The topological polar surface area (TPSA) is 50.4 Å². The molecule has 20 heavy (non-hydrogen) atoms. The lowest BCUT2D eigenvalue weighted by Crippen LogP contribution is -2.51. The van der Waals surface area contributed by atoms with Crippen molar-refractivity contribution in [2.24, 2.45) is 5.92 Å². The second-order valence-corrected chi connectivity index (χ2v) is 5.59. The van der Waals surface area contributed by atoms with Crippen LogP contribution in [0.4, 0.5) is 0 Å². The third-order valence-corrected chi connectivity index (χ3v) is 3.77. The molecule has 0 saturated carbocycles. The molecular weight excluding hydrogens is 252 g/mol. The zero-order valence-electron chi connectivity index (χ0n) is 12.3. The van der Waals surface area contributed by atoms with Gasteiger partial charge in [0.05, 0.1) is 13.2 Å². The maximum atomic E-state index is 12.1. The number of nitrogens with one attached hydrogen (secondary N) is 2. The summed E-state index contributed by atoms with van der Waals surface area (Å²) in [5.41, 5.74) is 1.27. The van der Waals surface area contributed by atoms with Crippen LogP contribution in [0.15, 0.2) is 30.3 Å². The molecule has 0 spiro atoms. The number of carbonyl (C=O) groups is 1. The molecule has 0 bridgehead atoms. The summed E-state index contributed by atoms with van der Waals surface area (Å²) in [4.78, 5) is 12.1. The molecule has 110 valence electrons. The SMILES string of the molecule is CC(C)C(CNC(=O)C1COCCN1)c1ccccc1. The lowest BCUT2D eigenvalue weighted by Gasteiger charge is -2.26. The van der Waals surface area contributed by atoms with Gasteiger partial charge in [-0.2, -0.15) is 0 Å². The van der Waals surface area contributed by atoms with Crippen molar-refractivity contribution in [2.75, 3.05) is 26.3 Å². The number of morpholine rings is 1. The number of hydrogen-bond acceptors (Lipinski definition) is 3. The van der Waals surface area contributed by atoms with E-state index in [4.69, 9.17) is 4.74 Å². The first-order chi connectivity index (χ1) is 9.68. The summed E-state index contributed by atoms with van der Waals surface area (Å²) in [6.07, 6.45) is 0. The third-order valence-electron chi connectivity index (χ3n) is 3.77. The second-order valence-electron chi connectivity index (χ2n) is 5.59. The molecule has 4 nitrogen and oxygen atoms in total. The summed E-state index contributed by atoms with van der Waals surface area (Å²) in [6.45, 7) is 6.92. The van der Waals surface area contributed by atoms with Crippen LogP contribution in [-0.4, -0.2) is 38.3 Å². The van der Waals surface area contributed by atoms with E-state index in [0.29, 0.717) is 31.6 Å². The van der Waals surface area contributed by atoms with Crippen LogP contribution in [0.25, 0.3) is 0 Å². The van der Waals surface area contributed by atoms with Crippen molar-refractivity contribution in [3.05, 3.63) is 35.9 Å². The highest BCUT2D eigenvalue weighted by Gasteiger charge is 2.23. The van der Waals surface area contributed by atoms with Crippen molar-refractivity contribution in [1.82, 2.24) is 10.6 Å². The number of amides is 1. The minimum absolute atomic E-state index is 0.0336. The molecule has 0 aromatic heterocycles. The van der Waals surface area contributed by atoms with Crippen LogP contribution in [0, 0.1) is 5.92 Å². The number of ether oxygens (including phenoxy) is 1. The molecule has 2 N–H and O–H groups in total. The lowest BCUT2D eigenvalue weighted by molar-refractivity contribution is -0.126. The molecule has 1 saturated heterocycles. The van der Waals surface area contributed by atoms with Crippen molar-refractivity contribution < 1.29 is 9.53 Å².